The number of hydrogen-bond donors (Lipinski definition) is 1. The molecule has 1 fully saturated rings. The lowest BCUT2D eigenvalue weighted by molar-refractivity contribution is -0.102. The van der Waals surface area contributed by atoms with Crippen LogP contribution in [-0.2, 0) is 15.9 Å². The Labute approximate surface area is 113 Å². The largest absolute Gasteiger partial charge is 0.376 e. The number of hydrogen-bond acceptors (Lipinski definition) is 4. The number of aryl methyl sites for hydroxylation is 1. The Morgan fingerprint density at radius 3 is 3.11 bits per heavy atom. The van der Waals surface area contributed by atoms with Crippen LogP contribution in [0.3, 0.4) is 0 Å². The molecule has 0 aliphatic carbocycles. The number of rotatable bonds is 7. The van der Waals surface area contributed by atoms with E-state index in [1.807, 2.05) is 0 Å². The minimum Gasteiger partial charge on any atom is -0.376 e. The monoisotopic (exact) mass is 269 g/mol. The molecule has 0 bridgehead atoms. The first-order chi connectivity index (χ1) is 8.90. The van der Waals surface area contributed by atoms with Gasteiger partial charge < -0.3 is 14.8 Å². The van der Waals surface area contributed by atoms with E-state index >= 15 is 0 Å². The fourth-order valence-corrected chi connectivity index (χ4v) is 2.95. The molecule has 4 heteroatoms. The molecule has 1 aliphatic heterocycles. The molecule has 2 heterocycles. The average Bonchev–Trinajstić information content (AvgIpc) is 2.93. The molecule has 0 amide bonds. The van der Waals surface area contributed by atoms with Gasteiger partial charge in [-0.15, -0.1) is 0 Å². The van der Waals surface area contributed by atoms with Crippen molar-refractivity contribution in [2.75, 3.05) is 26.4 Å². The van der Waals surface area contributed by atoms with Gasteiger partial charge in [-0.2, -0.15) is 11.3 Å². The molecule has 1 saturated heterocycles. The molecule has 18 heavy (non-hydrogen) atoms. The van der Waals surface area contributed by atoms with Gasteiger partial charge in [0.25, 0.3) is 0 Å². The standard InChI is InChI=1S/C14H23NO2S/c1-2-6-15-13(14-10-16-7-8-17-14)4-3-12-5-9-18-11-12/h5,9,11,13-15H,2-4,6-8,10H2,1H3. The first-order valence-electron chi connectivity index (χ1n) is 6.84. The summed E-state index contributed by atoms with van der Waals surface area (Å²) in [6.07, 6.45) is 3.60. The highest BCUT2D eigenvalue weighted by Gasteiger charge is 2.24. The Bertz CT molecular complexity index is 310. The van der Waals surface area contributed by atoms with Crippen molar-refractivity contribution in [1.29, 1.82) is 0 Å². The smallest absolute Gasteiger partial charge is 0.0962 e. The van der Waals surface area contributed by atoms with E-state index in [1.54, 1.807) is 11.3 Å². The van der Waals surface area contributed by atoms with Crippen LogP contribution in [-0.4, -0.2) is 38.5 Å². The Morgan fingerprint density at radius 1 is 1.50 bits per heavy atom. The third-order valence-corrected chi connectivity index (χ3v) is 4.00. The number of thiophene rings is 1. The van der Waals surface area contributed by atoms with Crippen LogP contribution >= 0.6 is 11.3 Å². The van der Waals surface area contributed by atoms with Crippen molar-refractivity contribution in [1.82, 2.24) is 5.32 Å². The van der Waals surface area contributed by atoms with E-state index in [-0.39, 0.29) is 6.10 Å². The van der Waals surface area contributed by atoms with E-state index in [4.69, 9.17) is 9.47 Å². The summed E-state index contributed by atoms with van der Waals surface area (Å²) in [7, 11) is 0. The van der Waals surface area contributed by atoms with Crippen molar-refractivity contribution < 1.29 is 9.47 Å². The minimum absolute atomic E-state index is 0.212. The van der Waals surface area contributed by atoms with Crippen LogP contribution in [0.1, 0.15) is 25.3 Å². The lowest BCUT2D eigenvalue weighted by atomic mass is 10.0. The summed E-state index contributed by atoms with van der Waals surface area (Å²) in [4.78, 5) is 0. The number of nitrogens with one attached hydrogen (secondary N) is 1. The maximum Gasteiger partial charge on any atom is 0.0962 e. The Morgan fingerprint density at radius 2 is 2.44 bits per heavy atom. The van der Waals surface area contributed by atoms with E-state index in [0.29, 0.717) is 6.04 Å². The average molecular weight is 269 g/mol. The molecule has 3 nitrogen and oxygen atoms in total. The van der Waals surface area contributed by atoms with Crippen LogP contribution in [0.5, 0.6) is 0 Å². The van der Waals surface area contributed by atoms with Crippen LogP contribution in [0, 0.1) is 0 Å². The maximum atomic E-state index is 5.82. The van der Waals surface area contributed by atoms with E-state index in [0.717, 1.165) is 45.6 Å². The van der Waals surface area contributed by atoms with Crippen molar-refractivity contribution in [3.8, 4) is 0 Å². The van der Waals surface area contributed by atoms with Crippen LogP contribution in [0.25, 0.3) is 0 Å². The van der Waals surface area contributed by atoms with Gasteiger partial charge >= 0.3 is 0 Å². The zero-order valence-corrected chi connectivity index (χ0v) is 11.9. The van der Waals surface area contributed by atoms with Crippen LogP contribution in [0.4, 0.5) is 0 Å². The van der Waals surface area contributed by atoms with Crippen LogP contribution in [0.2, 0.25) is 0 Å². The van der Waals surface area contributed by atoms with Crippen LogP contribution < -0.4 is 5.32 Å². The van der Waals surface area contributed by atoms with Gasteiger partial charge in [-0.05, 0) is 48.2 Å². The highest BCUT2D eigenvalue weighted by Crippen LogP contribution is 2.14. The molecule has 0 spiro atoms. The third-order valence-electron chi connectivity index (χ3n) is 3.27. The fraction of sp³-hybridized carbons (Fsp3) is 0.714. The van der Waals surface area contributed by atoms with E-state index in [2.05, 4.69) is 29.1 Å². The molecule has 1 N–H and O–H groups in total. The van der Waals surface area contributed by atoms with E-state index in [9.17, 15) is 0 Å². The second-order valence-electron chi connectivity index (χ2n) is 4.72. The summed E-state index contributed by atoms with van der Waals surface area (Å²) in [5.41, 5.74) is 1.43. The van der Waals surface area contributed by atoms with Gasteiger partial charge in [-0.1, -0.05) is 6.92 Å². The topological polar surface area (TPSA) is 30.5 Å². The molecule has 1 aromatic heterocycles. The molecule has 2 atom stereocenters. The molecule has 1 aromatic rings. The molecule has 1 aliphatic rings. The summed E-state index contributed by atoms with van der Waals surface area (Å²) in [6, 6.07) is 2.62. The summed E-state index contributed by atoms with van der Waals surface area (Å²) in [5, 5.41) is 7.97. The summed E-state index contributed by atoms with van der Waals surface area (Å²) < 4.78 is 11.3. The summed E-state index contributed by atoms with van der Waals surface area (Å²) in [6.45, 7) is 5.44. The van der Waals surface area contributed by atoms with Gasteiger partial charge in [0.15, 0.2) is 0 Å². The zero-order chi connectivity index (χ0) is 12.6. The van der Waals surface area contributed by atoms with Gasteiger partial charge in [-0.3, -0.25) is 0 Å². The van der Waals surface area contributed by atoms with E-state index < -0.39 is 0 Å². The Balaban J connectivity index is 1.83. The van der Waals surface area contributed by atoms with Crippen molar-refractivity contribution in [2.45, 2.75) is 38.3 Å². The second kappa shape index (κ2) is 7.89. The van der Waals surface area contributed by atoms with Gasteiger partial charge in [0.1, 0.15) is 0 Å². The predicted octanol–water partition coefficient (Wildman–Crippen LogP) is 2.46. The third kappa shape index (κ3) is 4.35. The highest BCUT2D eigenvalue weighted by molar-refractivity contribution is 7.07. The fourth-order valence-electron chi connectivity index (χ4n) is 2.24. The molecule has 2 unspecified atom stereocenters. The van der Waals surface area contributed by atoms with Crippen molar-refractivity contribution >= 4 is 11.3 Å². The number of ether oxygens (including phenoxy) is 2. The molecule has 0 aromatic carbocycles. The van der Waals surface area contributed by atoms with Crippen LogP contribution in [0.15, 0.2) is 16.8 Å². The Hall–Kier alpha value is -0.420. The lowest BCUT2D eigenvalue weighted by Crippen LogP contribution is -2.47. The van der Waals surface area contributed by atoms with Crippen molar-refractivity contribution in [2.24, 2.45) is 0 Å². The predicted molar refractivity (Wildman–Crippen MR) is 75.3 cm³/mol. The van der Waals surface area contributed by atoms with E-state index in [1.165, 1.54) is 5.56 Å². The molecular weight excluding hydrogens is 246 g/mol. The summed E-state index contributed by atoms with van der Waals surface area (Å²) >= 11 is 1.77. The van der Waals surface area contributed by atoms with Crippen molar-refractivity contribution in [3.05, 3.63) is 22.4 Å². The molecule has 0 radical (unpaired) electrons. The SMILES string of the molecule is CCCNC(CCc1ccsc1)C1COCCO1. The van der Waals surface area contributed by atoms with Gasteiger partial charge in [-0.25, -0.2) is 0 Å². The van der Waals surface area contributed by atoms with Crippen molar-refractivity contribution in [3.63, 3.8) is 0 Å². The first kappa shape index (κ1) is 14.0. The zero-order valence-electron chi connectivity index (χ0n) is 11.1. The second-order valence-corrected chi connectivity index (χ2v) is 5.50. The Kier molecular flexibility index (Phi) is 6.14. The van der Waals surface area contributed by atoms with Gasteiger partial charge in [0.2, 0.25) is 0 Å². The molecule has 2 rings (SSSR count). The quantitative estimate of drug-likeness (QED) is 0.825. The lowest BCUT2D eigenvalue weighted by Gasteiger charge is -2.31. The molecule has 0 saturated carbocycles. The summed E-state index contributed by atoms with van der Waals surface area (Å²) in [5.74, 6) is 0. The highest BCUT2D eigenvalue weighted by atomic mass is 32.1. The molecule has 102 valence electrons. The normalized spacial score (nSPS) is 21.9. The van der Waals surface area contributed by atoms with Gasteiger partial charge in [0.05, 0.1) is 25.9 Å². The minimum atomic E-state index is 0.212. The van der Waals surface area contributed by atoms with Gasteiger partial charge in [0, 0.05) is 6.04 Å². The maximum absolute atomic E-state index is 5.82. The molecular formula is C14H23NO2S. The first-order valence-corrected chi connectivity index (χ1v) is 7.78.